The molecule has 1 aliphatic heterocycles. The van der Waals surface area contributed by atoms with E-state index in [1.54, 1.807) is 0 Å². The molecule has 1 unspecified atom stereocenters. The topological polar surface area (TPSA) is 28.4 Å². The van der Waals surface area contributed by atoms with Gasteiger partial charge in [-0.3, -0.25) is 0 Å². The van der Waals surface area contributed by atoms with Crippen LogP contribution < -0.4 is 5.32 Å². The van der Waals surface area contributed by atoms with Crippen LogP contribution in [0.2, 0.25) is 0 Å². The molecule has 0 aromatic carbocycles. The molecule has 0 saturated heterocycles. The van der Waals surface area contributed by atoms with Gasteiger partial charge in [0.05, 0.1) is 6.26 Å². The number of fused-ring (bicyclic) bond motifs is 1. The van der Waals surface area contributed by atoms with Crippen LogP contribution >= 0.6 is 0 Å². The molecule has 0 fully saturated rings. The third-order valence-corrected chi connectivity index (χ3v) is 3.27. The molecule has 3 heteroatoms. The van der Waals surface area contributed by atoms with Crippen LogP contribution in [-0.2, 0) is 12.0 Å². The Labute approximate surface area is 91.4 Å². The minimum absolute atomic E-state index is 0.0881. The van der Waals surface area contributed by atoms with E-state index in [0.29, 0.717) is 0 Å². The van der Waals surface area contributed by atoms with Gasteiger partial charge in [0.2, 0.25) is 0 Å². The molecule has 2 rings (SSSR count). The van der Waals surface area contributed by atoms with Crippen molar-refractivity contribution < 1.29 is 4.42 Å². The molecule has 3 nitrogen and oxygen atoms in total. The third kappa shape index (κ3) is 2.08. The van der Waals surface area contributed by atoms with Gasteiger partial charge in [-0.2, -0.15) is 0 Å². The molecule has 0 saturated carbocycles. The van der Waals surface area contributed by atoms with Crippen molar-refractivity contribution in [2.24, 2.45) is 0 Å². The second kappa shape index (κ2) is 3.99. The van der Waals surface area contributed by atoms with Crippen LogP contribution in [0.15, 0.2) is 16.7 Å². The van der Waals surface area contributed by atoms with Crippen molar-refractivity contribution in [3.63, 3.8) is 0 Å². The Hall–Kier alpha value is -0.800. The van der Waals surface area contributed by atoms with Gasteiger partial charge in [0.25, 0.3) is 0 Å². The first kappa shape index (κ1) is 10.7. The Balaban J connectivity index is 2.16. The van der Waals surface area contributed by atoms with E-state index in [1.807, 2.05) is 6.26 Å². The van der Waals surface area contributed by atoms with Crippen molar-refractivity contribution in [1.82, 2.24) is 10.2 Å². The highest BCUT2D eigenvalue weighted by Crippen LogP contribution is 2.31. The lowest BCUT2D eigenvalue weighted by Gasteiger charge is -2.35. The van der Waals surface area contributed by atoms with Crippen LogP contribution in [0.1, 0.15) is 24.7 Å². The van der Waals surface area contributed by atoms with Gasteiger partial charge in [0.1, 0.15) is 5.76 Å². The van der Waals surface area contributed by atoms with Gasteiger partial charge in [-0.15, -0.1) is 0 Å². The van der Waals surface area contributed by atoms with Crippen LogP contribution in [-0.4, -0.2) is 32.1 Å². The van der Waals surface area contributed by atoms with Crippen molar-refractivity contribution in [1.29, 1.82) is 0 Å². The summed E-state index contributed by atoms with van der Waals surface area (Å²) in [5.41, 5.74) is 1.43. The molecular formula is C12H20N2O. The summed E-state index contributed by atoms with van der Waals surface area (Å²) >= 11 is 0. The highest BCUT2D eigenvalue weighted by atomic mass is 16.3. The Morgan fingerprint density at radius 3 is 3.07 bits per heavy atom. The fourth-order valence-electron chi connectivity index (χ4n) is 2.24. The molecule has 1 aromatic rings. The molecule has 0 amide bonds. The first-order chi connectivity index (χ1) is 7.12. The molecule has 2 heterocycles. The van der Waals surface area contributed by atoms with Gasteiger partial charge in [-0.05, 0) is 40.1 Å². The van der Waals surface area contributed by atoms with Crippen molar-refractivity contribution in [2.45, 2.75) is 25.3 Å². The summed E-state index contributed by atoms with van der Waals surface area (Å²) in [5, 5.41) is 3.61. The second-order valence-electron chi connectivity index (χ2n) is 4.82. The summed E-state index contributed by atoms with van der Waals surface area (Å²) in [6.07, 6.45) is 3.94. The SMILES string of the molecule is CN(C)CCC1(C)NCCc2occc21. The van der Waals surface area contributed by atoms with Crippen LogP contribution in [0.3, 0.4) is 0 Å². The third-order valence-electron chi connectivity index (χ3n) is 3.27. The lowest BCUT2D eigenvalue weighted by Crippen LogP contribution is -2.46. The number of furan rings is 1. The van der Waals surface area contributed by atoms with Gasteiger partial charge in [-0.25, -0.2) is 0 Å². The Morgan fingerprint density at radius 2 is 2.33 bits per heavy atom. The maximum Gasteiger partial charge on any atom is 0.110 e. The summed E-state index contributed by atoms with van der Waals surface area (Å²) in [4.78, 5) is 2.22. The zero-order valence-corrected chi connectivity index (χ0v) is 9.84. The first-order valence-electron chi connectivity index (χ1n) is 5.58. The Bertz CT molecular complexity index is 332. The van der Waals surface area contributed by atoms with E-state index in [9.17, 15) is 0 Å². The van der Waals surface area contributed by atoms with Crippen molar-refractivity contribution in [3.8, 4) is 0 Å². The minimum Gasteiger partial charge on any atom is -0.469 e. The summed E-state index contributed by atoms with van der Waals surface area (Å²) < 4.78 is 5.50. The smallest absolute Gasteiger partial charge is 0.110 e. The quantitative estimate of drug-likeness (QED) is 0.817. The van der Waals surface area contributed by atoms with Crippen molar-refractivity contribution >= 4 is 0 Å². The highest BCUT2D eigenvalue weighted by Gasteiger charge is 2.33. The maximum atomic E-state index is 5.50. The molecule has 0 bridgehead atoms. The van der Waals surface area contributed by atoms with Gasteiger partial charge in [0.15, 0.2) is 0 Å². The maximum absolute atomic E-state index is 5.50. The van der Waals surface area contributed by atoms with Crippen molar-refractivity contribution in [2.75, 3.05) is 27.2 Å². The number of rotatable bonds is 3. The lowest BCUT2D eigenvalue weighted by atomic mass is 9.85. The molecule has 84 valence electrons. The first-order valence-corrected chi connectivity index (χ1v) is 5.58. The van der Waals surface area contributed by atoms with E-state index in [0.717, 1.165) is 31.7 Å². The largest absolute Gasteiger partial charge is 0.469 e. The minimum atomic E-state index is 0.0881. The van der Waals surface area contributed by atoms with E-state index >= 15 is 0 Å². The van der Waals surface area contributed by atoms with E-state index in [1.165, 1.54) is 5.56 Å². The average Bonchev–Trinajstić information content (AvgIpc) is 2.65. The standard InChI is InChI=1S/C12H20N2O/c1-12(6-8-14(2)3)10-5-9-15-11(10)4-7-13-12/h5,9,13H,4,6-8H2,1-3H3. The molecule has 0 aliphatic carbocycles. The molecular weight excluding hydrogens is 188 g/mol. The summed E-state index contributed by atoms with van der Waals surface area (Å²) in [6.45, 7) is 4.38. The Morgan fingerprint density at radius 1 is 1.53 bits per heavy atom. The number of nitrogens with one attached hydrogen (secondary N) is 1. The van der Waals surface area contributed by atoms with Gasteiger partial charge >= 0.3 is 0 Å². The molecule has 1 aliphatic rings. The number of hydrogen-bond donors (Lipinski definition) is 1. The second-order valence-corrected chi connectivity index (χ2v) is 4.82. The van der Waals surface area contributed by atoms with Crippen LogP contribution in [0.4, 0.5) is 0 Å². The molecule has 0 spiro atoms. The molecule has 15 heavy (non-hydrogen) atoms. The fraction of sp³-hybridized carbons (Fsp3) is 0.667. The van der Waals surface area contributed by atoms with E-state index < -0.39 is 0 Å². The summed E-state index contributed by atoms with van der Waals surface area (Å²) in [7, 11) is 4.23. The Kier molecular flexibility index (Phi) is 2.85. The van der Waals surface area contributed by atoms with E-state index in [-0.39, 0.29) is 5.54 Å². The van der Waals surface area contributed by atoms with E-state index in [2.05, 4.69) is 37.3 Å². The molecule has 1 N–H and O–H groups in total. The zero-order chi connectivity index (χ0) is 10.9. The monoisotopic (exact) mass is 208 g/mol. The lowest BCUT2D eigenvalue weighted by molar-refractivity contribution is 0.264. The normalized spacial score (nSPS) is 25.6. The average molecular weight is 208 g/mol. The molecule has 1 atom stereocenters. The van der Waals surface area contributed by atoms with Crippen LogP contribution in [0.25, 0.3) is 0 Å². The molecule has 0 radical (unpaired) electrons. The van der Waals surface area contributed by atoms with Crippen molar-refractivity contribution in [3.05, 3.63) is 23.7 Å². The predicted molar refractivity (Wildman–Crippen MR) is 60.9 cm³/mol. The van der Waals surface area contributed by atoms with Crippen LogP contribution in [0.5, 0.6) is 0 Å². The fourth-order valence-corrected chi connectivity index (χ4v) is 2.24. The summed E-state index contributed by atoms with van der Waals surface area (Å²) in [6, 6.07) is 2.11. The molecule has 1 aromatic heterocycles. The van der Waals surface area contributed by atoms with Gasteiger partial charge < -0.3 is 14.6 Å². The number of nitrogens with zero attached hydrogens (tertiary/aromatic N) is 1. The van der Waals surface area contributed by atoms with E-state index in [4.69, 9.17) is 4.42 Å². The number of hydrogen-bond acceptors (Lipinski definition) is 3. The summed E-state index contributed by atoms with van der Waals surface area (Å²) in [5.74, 6) is 1.16. The van der Waals surface area contributed by atoms with Crippen LogP contribution in [0, 0.1) is 0 Å². The van der Waals surface area contributed by atoms with Gasteiger partial charge in [-0.1, -0.05) is 0 Å². The zero-order valence-electron chi connectivity index (χ0n) is 9.84. The predicted octanol–water partition coefficient (Wildman–Crippen LogP) is 1.59. The van der Waals surface area contributed by atoms with Gasteiger partial charge in [0, 0.05) is 24.1 Å². The highest BCUT2D eigenvalue weighted by molar-refractivity contribution is 5.29.